The van der Waals surface area contributed by atoms with Crippen LogP contribution in [0.4, 0.5) is 4.39 Å². The van der Waals surface area contributed by atoms with Crippen LogP contribution in [0.3, 0.4) is 0 Å². The lowest BCUT2D eigenvalue weighted by atomic mass is 10.1. The maximum Gasteiger partial charge on any atom is 0.274 e. The molecule has 29 heavy (non-hydrogen) atoms. The smallest absolute Gasteiger partial charge is 0.274 e. The molecule has 0 aliphatic carbocycles. The molecule has 1 aliphatic rings. The molecule has 146 valence electrons. The van der Waals surface area contributed by atoms with Gasteiger partial charge in [-0.05, 0) is 67.3 Å². The number of carbonyl (C=O) groups is 1. The first kappa shape index (κ1) is 17.7. The summed E-state index contributed by atoms with van der Waals surface area (Å²) in [5.41, 5.74) is 3.39. The van der Waals surface area contributed by atoms with Gasteiger partial charge in [0.2, 0.25) is 0 Å². The highest BCUT2D eigenvalue weighted by Crippen LogP contribution is 2.24. The van der Waals surface area contributed by atoms with Crippen LogP contribution in [0, 0.1) is 5.82 Å². The Balaban J connectivity index is 1.50. The average molecular weight is 388 g/mol. The van der Waals surface area contributed by atoms with E-state index >= 15 is 0 Å². The molecule has 0 saturated carbocycles. The van der Waals surface area contributed by atoms with Gasteiger partial charge >= 0.3 is 0 Å². The first-order chi connectivity index (χ1) is 14.1. The van der Waals surface area contributed by atoms with Gasteiger partial charge < -0.3 is 9.30 Å². The van der Waals surface area contributed by atoms with Gasteiger partial charge in [-0.25, -0.2) is 9.07 Å². The van der Waals surface area contributed by atoms with Crippen molar-refractivity contribution in [3.8, 4) is 16.9 Å². The van der Waals surface area contributed by atoms with Crippen LogP contribution in [0.1, 0.15) is 30.3 Å². The highest BCUT2D eigenvalue weighted by atomic mass is 19.1. The molecule has 0 radical (unpaired) electrons. The summed E-state index contributed by atoms with van der Waals surface area (Å²) in [6.07, 6.45) is 5.91. The molecule has 3 aromatic heterocycles. The number of hydrogen-bond donors (Lipinski definition) is 0. The number of hydrogen-bond acceptors (Lipinski definition) is 2. The second kappa shape index (κ2) is 6.88. The summed E-state index contributed by atoms with van der Waals surface area (Å²) in [7, 11) is 0. The molecule has 1 atom stereocenters. The number of carbonyl (C=O) groups excluding carboxylic acids is 1. The van der Waals surface area contributed by atoms with Gasteiger partial charge in [0.05, 0.1) is 0 Å². The van der Waals surface area contributed by atoms with Crippen LogP contribution in [-0.2, 0) is 0 Å². The molecule has 0 unspecified atom stereocenters. The standard InChI is InChI=1S/C23H21FN4O/c1-16-3-2-13-26(16)23(29)21-12-14-28(25-21)22-11-10-20-9-6-18(15-27(20)22)17-4-7-19(24)8-5-17/h4-12,14-16H,2-3,13H2,1H3/t16-/m1/s1. The normalized spacial score (nSPS) is 16.6. The van der Waals surface area contributed by atoms with Gasteiger partial charge in [0, 0.05) is 30.5 Å². The molecule has 0 bridgehead atoms. The Morgan fingerprint density at radius 2 is 1.79 bits per heavy atom. The van der Waals surface area contributed by atoms with E-state index in [0.717, 1.165) is 41.8 Å². The second-order valence-electron chi connectivity index (χ2n) is 7.55. The number of benzene rings is 1. The van der Waals surface area contributed by atoms with Gasteiger partial charge in [-0.15, -0.1) is 0 Å². The Hall–Kier alpha value is -3.41. The van der Waals surface area contributed by atoms with E-state index in [1.807, 2.05) is 46.0 Å². The average Bonchev–Trinajstić information content (AvgIpc) is 3.46. The molecule has 1 aliphatic heterocycles. The monoisotopic (exact) mass is 388 g/mol. The van der Waals surface area contributed by atoms with Crippen LogP contribution in [0.25, 0.3) is 22.5 Å². The summed E-state index contributed by atoms with van der Waals surface area (Å²) in [5, 5.41) is 4.55. The Labute approximate surface area is 168 Å². The van der Waals surface area contributed by atoms with Crippen molar-refractivity contribution in [2.75, 3.05) is 6.54 Å². The molecule has 5 rings (SSSR count). The minimum Gasteiger partial charge on any atom is -0.335 e. The second-order valence-corrected chi connectivity index (χ2v) is 7.55. The minimum atomic E-state index is -0.252. The molecule has 5 nitrogen and oxygen atoms in total. The Bertz CT molecular complexity index is 1190. The highest BCUT2D eigenvalue weighted by molar-refractivity contribution is 5.92. The maximum atomic E-state index is 13.2. The van der Waals surface area contributed by atoms with Gasteiger partial charge in [-0.2, -0.15) is 5.10 Å². The number of halogens is 1. The van der Waals surface area contributed by atoms with Gasteiger partial charge in [-0.1, -0.05) is 18.2 Å². The molecule has 0 spiro atoms. The zero-order chi connectivity index (χ0) is 20.0. The summed E-state index contributed by atoms with van der Waals surface area (Å²) in [5.74, 6) is 0.580. The predicted molar refractivity (Wildman–Crippen MR) is 110 cm³/mol. The fourth-order valence-corrected chi connectivity index (χ4v) is 4.03. The molecule has 1 amide bonds. The SMILES string of the molecule is C[C@@H]1CCCN1C(=O)c1ccn(-c2ccc3ccc(-c4ccc(F)cc4)cn23)n1. The zero-order valence-corrected chi connectivity index (χ0v) is 16.1. The van der Waals surface area contributed by atoms with Crippen molar-refractivity contribution in [1.29, 1.82) is 0 Å². The van der Waals surface area contributed by atoms with Crippen LogP contribution >= 0.6 is 0 Å². The first-order valence-corrected chi connectivity index (χ1v) is 9.84. The van der Waals surface area contributed by atoms with Crippen LogP contribution in [-0.4, -0.2) is 37.6 Å². The molecular formula is C23H21FN4O. The number of likely N-dealkylation sites (tertiary alicyclic amines) is 1. The summed E-state index contributed by atoms with van der Waals surface area (Å²) in [6, 6.07) is 16.5. The number of pyridine rings is 1. The number of fused-ring (bicyclic) bond motifs is 1. The number of nitrogens with zero attached hydrogens (tertiary/aromatic N) is 4. The lowest BCUT2D eigenvalue weighted by Gasteiger charge is -2.19. The Morgan fingerprint density at radius 3 is 2.55 bits per heavy atom. The van der Waals surface area contributed by atoms with E-state index in [1.165, 1.54) is 12.1 Å². The maximum absolute atomic E-state index is 13.2. The Morgan fingerprint density at radius 1 is 1.03 bits per heavy atom. The fourth-order valence-electron chi connectivity index (χ4n) is 4.03. The molecule has 4 heterocycles. The van der Waals surface area contributed by atoms with Crippen molar-refractivity contribution in [2.45, 2.75) is 25.8 Å². The number of aromatic nitrogens is 3. The van der Waals surface area contributed by atoms with E-state index < -0.39 is 0 Å². The number of rotatable bonds is 3. The lowest BCUT2D eigenvalue weighted by Crippen LogP contribution is -2.33. The minimum absolute atomic E-state index is 0.0124. The van der Waals surface area contributed by atoms with Crippen molar-refractivity contribution in [3.63, 3.8) is 0 Å². The van der Waals surface area contributed by atoms with Crippen LogP contribution in [0.2, 0.25) is 0 Å². The zero-order valence-electron chi connectivity index (χ0n) is 16.1. The van der Waals surface area contributed by atoms with E-state index in [-0.39, 0.29) is 17.8 Å². The number of amides is 1. The van der Waals surface area contributed by atoms with E-state index in [2.05, 4.69) is 12.0 Å². The lowest BCUT2D eigenvalue weighted by molar-refractivity contribution is 0.0741. The third-order valence-electron chi connectivity index (χ3n) is 5.66. The van der Waals surface area contributed by atoms with Gasteiger partial charge in [0.25, 0.3) is 5.91 Å². The molecule has 0 N–H and O–H groups in total. The molecule has 4 aromatic rings. The summed E-state index contributed by atoms with van der Waals surface area (Å²) >= 11 is 0. The van der Waals surface area contributed by atoms with Crippen molar-refractivity contribution < 1.29 is 9.18 Å². The van der Waals surface area contributed by atoms with E-state index in [0.29, 0.717) is 5.69 Å². The largest absolute Gasteiger partial charge is 0.335 e. The highest BCUT2D eigenvalue weighted by Gasteiger charge is 2.27. The van der Waals surface area contributed by atoms with Crippen molar-refractivity contribution in [1.82, 2.24) is 19.1 Å². The molecule has 1 saturated heterocycles. The molecule has 1 fully saturated rings. The summed E-state index contributed by atoms with van der Waals surface area (Å²) in [6.45, 7) is 2.88. The topological polar surface area (TPSA) is 42.5 Å². The van der Waals surface area contributed by atoms with Crippen molar-refractivity contribution >= 4 is 11.4 Å². The third-order valence-corrected chi connectivity index (χ3v) is 5.66. The van der Waals surface area contributed by atoms with Gasteiger partial charge in [0.1, 0.15) is 11.6 Å². The van der Waals surface area contributed by atoms with Crippen molar-refractivity contribution in [2.24, 2.45) is 0 Å². The predicted octanol–water partition coefficient (Wildman–Crippen LogP) is 4.56. The first-order valence-electron chi connectivity index (χ1n) is 9.84. The van der Waals surface area contributed by atoms with E-state index in [4.69, 9.17) is 0 Å². The fraction of sp³-hybridized carbons (Fsp3) is 0.217. The molecule has 1 aromatic carbocycles. The summed E-state index contributed by atoms with van der Waals surface area (Å²) < 4.78 is 17.0. The van der Waals surface area contributed by atoms with Gasteiger partial charge in [0.15, 0.2) is 5.69 Å². The van der Waals surface area contributed by atoms with Crippen LogP contribution in [0.5, 0.6) is 0 Å². The van der Waals surface area contributed by atoms with Crippen LogP contribution in [0.15, 0.2) is 67.0 Å². The molecular weight excluding hydrogens is 367 g/mol. The van der Waals surface area contributed by atoms with E-state index in [9.17, 15) is 9.18 Å². The Kier molecular flexibility index (Phi) is 4.19. The third kappa shape index (κ3) is 3.10. The van der Waals surface area contributed by atoms with Crippen molar-refractivity contribution in [3.05, 3.63) is 78.5 Å². The van der Waals surface area contributed by atoms with Crippen LogP contribution < -0.4 is 0 Å². The molecule has 6 heteroatoms. The summed E-state index contributed by atoms with van der Waals surface area (Å²) in [4.78, 5) is 14.7. The quantitative estimate of drug-likeness (QED) is 0.517. The van der Waals surface area contributed by atoms with E-state index in [1.54, 1.807) is 22.9 Å². The van der Waals surface area contributed by atoms with Gasteiger partial charge in [-0.3, -0.25) is 4.79 Å².